The highest BCUT2D eigenvalue weighted by Gasteiger charge is 2.32. The lowest BCUT2D eigenvalue weighted by molar-refractivity contribution is -0.138. The Morgan fingerprint density at radius 1 is 1.19 bits per heavy atom. The molecule has 3 nitrogen and oxygen atoms in total. The van der Waals surface area contributed by atoms with Gasteiger partial charge in [-0.1, -0.05) is 17.7 Å². The van der Waals surface area contributed by atoms with Gasteiger partial charge in [0.1, 0.15) is 4.21 Å². The molecule has 1 heterocycles. The average Bonchev–Trinajstić information content (AvgIpc) is 2.77. The molecule has 0 unspecified atom stereocenters. The first-order chi connectivity index (χ1) is 9.59. The number of alkyl halides is 3. The van der Waals surface area contributed by atoms with Gasteiger partial charge in [0.25, 0.3) is 10.0 Å². The number of sulfonamides is 1. The van der Waals surface area contributed by atoms with Crippen molar-refractivity contribution in [2.45, 2.75) is 17.3 Å². The first kappa shape index (κ1) is 16.1. The van der Waals surface area contributed by atoms with Crippen LogP contribution in [0.4, 0.5) is 18.9 Å². The fraction of sp³-hybridized carbons (Fsp3) is 0.167. The molecule has 0 saturated carbocycles. The largest absolute Gasteiger partial charge is 0.416 e. The summed E-state index contributed by atoms with van der Waals surface area (Å²) < 4.78 is 64.7. The first-order valence-corrected chi connectivity index (χ1v) is 8.23. The Morgan fingerprint density at radius 3 is 2.38 bits per heavy atom. The van der Waals surface area contributed by atoms with Gasteiger partial charge in [0, 0.05) is 5.69 Å². The van der Waals surface area contributed by atoms with Gasteiger partial charge in [0.05, 0.1) is 9.90 Å². The zero-order valence-corrected chi connectivity index (χ0v) is 12.9. The number of thiophene rings is 1. The molecule has 1 aromatic heterocycles. The lowest BCUT2D eigenvalue weighted by Gasteiger charge is -2.13. The van der Waals surface area contributed by atoms with Crippen LogP contribution < -0.4 is 4.72 Å². The molecule has 0 aliphatic carbocycles. The molecular weight excluding hydrogens is 347 g/mol. The van der Waals surface area contributed by atoms with Gasteiger partial charge in [-0.25, -0.2) is 8.42 Å². The molecular formula is C12H9ClF3NO2S2. The SMILES string of the molecule is Cc1ccc(NS(=O)(=O)c2ccc(Cl)s2)cc1C(F)(F)F. The van der Waals surface area contributed by atoms with E-state index in [4.69, 9.17) is 11.6 Å². The summed E-state index contributed by atoms with van der Waals surface area (Å²) in [6, 6.07) is 5.94. The summed E-state index contributed by atoms with van der Waals surface area (Å²) in [6.45, 7) is 1.31. The van der Waals surface area contributed by atoms with Crippen molar-refractivity contribution in [3.8, 4) is 0 Å². The van der Waals surface area contributed by atoms with Crippen LogP contribution in [0, 0.1) is 6.92 Å². The molecule has 1 aromatic carbocycles. The molecule has 0 fully saturated rings. The summed E-state index contributed by atoms with van der Waals surface area (Å²) in [5.41, 5.74) is -1.02. The molecule has 9 heteroatoms. The molecule has 0 spiro atoms. The Morgan fingerprint density at radius 2 is 1.86 bits per heavy atom. The van der Waals surface area contributed by atoms with Crippen molar-refractivity contribution in [1.82, 2.24) is 0 Å². The topological polar surface area (TPSA) is 46.2 Å². The highest BCUT2D eigenvalue weighted by atomic mass is 35.5. The predicted octanol–water partition coefficient (Wildman–Crippen LogP) is 4.53. The number of anilines is 1. The number of hydrogen-bond acceptors (Lipinski definition) is 3. The van der Waals surface area contributed by atoms with E-state index in [9.17, 15) is 21.6 Å². The molecule has 0 amide bonds. The standard InChI is InChI=1S/C12H9ClF3NO2S2/c1-7-2-3-8(6-9(7)12(14,15)16)17-21(18,19)11-5-4-10(13)20-11/h2-6,17H,1H3. The van der Waals surface area contributed by atoms with Crippen LogP contribution in [-0.4, -0.2) is 8.42 Å². The zero-order chi connectivity index (χ0) is 15.8. The number of aryl methyl sites for hydroxylation is 1. The van der Waals surface area contributed by atoms with Gasteiger partial charge in [-0.3, -0.25) is 4.72 Å². The van der Waals surface area contributed by atoms with E-state index in [-0.39, 0.29) is 19.8 Å². The predicted molar refractivity (Wildman–Crippen MR) is 76.3 cm³/mol. The van der Waals surface area contributed by atoms with Gasteiger partial charge >= 0.3 is 6.18 Å². The van der Waals surface area contributed by atoms with Crippen LogP contribution in [-0.2, 0) is 16.2 Å². The van der Waals surface area contributed by atoms with E-state index in [0.29, 0.717) is 0 Å². The van der Waals surface area contributed by atoms with Gasteiger partial charge < -0.3 is 0 Å². The van der Waals surface area contributed by atoms with Crippen molar-refractivity contribution < 1.29 is 21.6 Å². The number of halogens is 4. The van der Waals surface area contributed by atoms with E-state index in [2.05, 4.69) is 4.72 Å². The number of nitrogens with one attached hydrogen (secondary N) is 1. The van der Waals surface area contributed by atoms with Gasteiger partial charge in [-0.05, 0) is 36.8 Å². The van der Waals surface area contributed by atoms with E-state index in [1.165, 1.54) is 31.2 Å². The molecule has 114 valence electrons. The lowest BCUT2D eigenvalue weighted by atomic mass is 10.1. The van der Waals surface area contributed by atoms with Crippen LogP contribution in [0.1, 0.15) is 11.1 Å². The minimum Gasteiger partial charge on any atom is -0.279 e. The number of rotatable bonds is 3. The average molecular weight is 356 g/mol. The second-order valence-electron chi connectivity index (χ2n) is 4.19. The van der Waals surface area contributed by atoms with Gasteiger partial charge in [0.15, 0.2) is 0 Å². The summed E-state index contributed by atoms with van der Waals surface area (Å²) in [5, 5.41) is 0. The Hall–Kier alpha value is -1.25. The quantitative estimate of drug-likeness (QED) is 0.879. The number of benzene rings is 1. The summed E-state index contributed by atoms with van der Waals surface area (Å²) >= 11 is 6.47. The van der Waals surface area contributed by atoms with E-state index in [0.717, 1.165) is 17.4 Å². The Balaban J connectivity index is 2.36. The lowest BCUT2D eigenvalue weighted by Crippen LogP contribution is -2.13. The van der Waals surface area contributed by atoms with Crippen LogP contribution in [0.2, 0.25) is 4.34 Å². The van der Waals surface area contributed by atoms with Crippen LogP contribution in [0.25, 0.3) is 0 Å². The molecule has 2 aromatic rings. The second kappa shape index (κ2) is 5.51. The molecule has 0 aliphatic rings. The third-order valence-electron chi connectivity index (χ3n) is 2.61. The fourth-order valence-corrected chi connectivity index (χ4v) is 4.17. The third-order valence-corrected chi connectivity index (χ3v) is 5.71. The maximum atomic E-state index is 12.8. The normalized spacial score (nSPS) is 12.4. The van der Waals surface area contributed by atoms with Crippen molar-refractivity contribution >= 4 is 38.6 Å². The molecule has 0 aliphatic heterocycles. The zero-order valence-electron chi connectivity index (χ0n) is 10.5. The van der Waals surface area contributed by atoms with Gasteiger partial charge in [-0.15, -0.1) is 11.3 Å². The molecule has 0 saturated heterocycles. The molecule has 0 atom stereocenters. The van der Waals surface area contributed by atoms with Crippen LogP contribution >= 0.6 is 22.9 Å². The van der Waals surface area contributed by atoms with E-state index in [1.54, 1.807) is 0 Å². The van der Waals surface area contributed by atoms with E-state index >= 15 is 0 Å². The van der Waals surface area contributed by atoms with E-state index < -0.39 is 21.8 Å². The highest BCUT2D eigenvalue weighted by Crippen LogP contribution is 2.34. The summed E-state index contributed by atoms with van der Waals surface area (Å²) in [7, 11) is -3.95. The van der Waals surface area contributed by atoms with E-state index in [1.807, 2.05) is 0 Å². The van der Waals surface area contributed by atoms with Crippen molar-refractivity contribution in [2.24, 2.45) is 0 Å². The summed E-state index contributed by atoms with van der Waals surface area (Å²) in [4.78, 5) is 0. The Labute approximate surface area is 128 Å². The first-order valence-electron chi connectivity index (χ1n) is 5.55. The van der Waals surface area contributed by atoms with Gasteiger partial charge in [0.2, 0.25) is 0 Å². The smallest absolute Gasteiger partial charge is 0.279 e. The molecule has 1 N–H and O–H groups in total. The minimum atomic E-state index is -4.54. The van der Waals surface area contributed by atoms with Crippen LogP contribution in [0.3, 0.4) is 0 Å². The maximum Gasteiger partial charge on any atom is 0.416 e. The second-order valence-corrected chi connectivity index (χ2v) is 7.82. The minimum absolute atomic E-state index is 0.0182. The van der Waals surface area contributed by atoms with Crippen LogP contribution in [0.5, 0.6) is 0 Å². The van der Waals surface area contributed by atoms with Crippen molar-refractivity contribution in [3.05, 3.63) is 45.8 Å². The molecule has 2 rings (SSSR count). The van der Waals surface area contributed by atoms with Gasteiger partial charge in [-0.2, -0.15) is 13.2 Å². The maximum absolute atomic E-state index is 12.8. The van der Waals surface area contributed by atoms with Crippen molar-refractivity contribution in [1.29, 1.82) is 0 Å². The monoisotopic (exact) mass is 355 g/mol. The van der Waals surface area contributed by atoms with Crippen molar-refractivity contribution in [3.63, 3.8) is 0 Å². The Bertz CT molecular complexity index is 769. The summed E-state index contributed by atoms with van der Waals surface area (Å²) in [6.07, 6.45) is -4.54. The van der Waals surface area contributed by atoms with Crippen molar-refractivity contribution in [2.75, 3.05) is 4.72 Å². The number of hydrogen-bond donors (Lipinski definition) is 1. The third kappa shape index (κ3) is 3.69. The molecule has 0 bridgehead atoms. The van der Waals surface area contributed by atoms with Crippen LogP contribution in [0.15, 0.2) is 34.5 Å². The molecule has 21 heavy (non-hydrogen) atoms. The fourth-order valence-electron chi connectivity index (χ4n) is 1.64. The highest BCUT2D eigenvalue weighted by molar-refractivity contribution is 7.94. The molecule has 0 radical (unpaired) electrons. The Kier molecular flexibility index (Phi) is 4.23. The summed E-state index contributed by atoms with van der Waals surface area (Å²) in [5.74, 6) is 0.